The van der Waals surface area contributed by atoms with Gasteiger partial charge in [0.25, 0.3) is 0 Å². The second kappa shape index (κ2) is 7.55. The Morgan fingerprint density at radius 2 is 2.10 bits per heavy atom. The monoisotopic (exact) mass is 339 g/mol. The third kappa shape index (κ3) is 3.82. The Labute approximate surface area is 131 Å². The van der Waals surface area contributed by atoms with Crippen LogP contribution in [0.5, 0.6) is 0 Å². The molecule has 4 heteroatoms. The van der Waals surface area contributed by atoms with E-state index < -0.39 is 0 Å². The summed E-state index contributed by atoms with van der Waals surface area (Å²) in [5.41, 5.74) is 7.32. The van der Waals surface area contributed by atoms with E-state index in [1.54, 1.807) is 0 Å². The average molecular weight is 340 g/mol. The number of halogens is 1. The first kappa shape index (κ1) is 16.0. The van der Waals surface area contributed by atoms with Gasteiger partial charge in [-0.1, -0.05) is 35.0 Å². The molecule has 1 saturated heterocycles. The van der Waals surface area contributed by atoms with Crippen LogP contribution in [0.1, 0.15) is 31.4 Å². The van der Waals surface area contributed by atoms with Crippen molar-refractivity contribution in [2.24, 2.45) is 5.73 Å². The third-order valence-corrected chi connectivity index (χ3v) is 4.94. The van der Waals surface area contributed by atoms with Crippen LogP contribution in [0.4, 0.5) is 0 Å². The first-order valence-corrected chi connectivity index (χ1v) is 8.34. The van der Waals surface area contributed by atoms with Gasteiger partial charge >= 0.3 is 0 Å². The van der Waals surface area contributed by atoms with Gasteiger partial charge in [-0.2, -0.15) is 0 Å². The molecule has 0 radical (unpaired) electrons. The van der Waals surface area contributed by atoms with Gasteiger partial charge in [0.2, 0.25) is 0 Å². The summed E-state index contributed by atoms with van der Waals surface area (Å²) in [4.78, 5) is 5.01. The normalized spacial score (nSPS) is 21.6. The Hall–Kier alpha value is -0.420. The van der Waals surface area contributed by atoms with Gasteiger partial charge in [-0.15, -0.1) is 0 Å². The van der Waals surface area contributed by atoms with Gasteiger partial charge < -0.3 is 5.73 Å². The molecule has 2 N–H and O–H groups in total. The summed E-state index contributed by atoms with van der Waals surface area (Å²) in [6.45, 7) is 6.43. The van der Waals surface area contributed by atoms with E-state index in [1.165, 1.54) is 24.9 Å². The summed E-state index contributed by atoms with van der Waals surface area (Å²) < 4.78 is 1.12. The molecule has 0 saturated carbocycles. The van der Waals surface area contributed by atoms with Crippen LogP contribution in [0.2, 0.25) is 0 Å². The van der Waals surface area contributed by atoms with Crippen LogP contribution in [0.25, 0.3) is 0 Å². The van der Waals surface area contributed by atoms with E-state index >= 15 is 0 Å². The molecule has 1 heterocycles. The SMILES string of the molecule is CCN1CCCC1CN(C)C(CN)c1ccc(Br)cc1. The molecule has 2 atom stereocenters. The molecule has 0 amide bonds. The van der Waals surface area contributed by atoms with E-state index in [1.807, 2.05) is 0 Å². The zero-order chi connectivity index (χ0) is 14.5. The molecule has 1 aromatic rings. The fraction of sp³-hybridized carbons (Fsp3) is 0.625. The molecule has 2 rings (SSSR count). The van der Waals surface area contributed by atoms with Crippen LogP contribution in [0.15, 0.2) is 28.7 Å². The quantitative estimate of drug-likeness (QED) is 0.864. The maximum Gasteiger partial charge on any atom is 0.0468 e. The maximum atomic E-state index is 6.02. The van der Waals surface area contributed by atoms with Crippen LogP contribution < -0.4 is 5.73 Å². The van der Waals surface area contributed by atoms with E-state index in [0.717, 1.165) is 17.6 Å². The molecule has 0 spiro atoms. The summed E-state index contributed by atoms with van der Waals surface area (Å²) in [7, 11) is 2.20. The molecule has 0 aromatic heterocycles. The molecule has 0 aliphatic carbocycles. The molecule has 20 heavy (non-hydrogen) atoms. The van der Waals surface area contributed by atoms with E-state index in [2.05, 4.69) is 64.0 Å². The smallest absolute Gasteiger partial charge is 0.0468 e. The van der Waals surface area contributed by atoms with Gasteiger partial charge in [0.1, 0.15) is 0 Å². The number of benzene rings is 1. The number of rotatable bonds is 6. The minimum Gasteiger partial charge on any atom is -0.329 e. The fourth-order valence-corrected chi connectivity index (χ4v) is 3.50. The summed E-state index contributed by atoms with van der Waals surface area (Å²) in [5.74, 6) is 0. The highest BCUT2D eigenvalue weighted by atomic mass is 79.9. The lowest BCUT2D eigenvalue weighted by molar-refractivity contribution is 0.166. The lowest BCUT2D eigenvalue weighted by Gasteiger charge is -2.33. The Kier molecular flexibility index (Phi) is 6.02. The summed E-state index contributed by atoms with van der Waals surface area (Å²) in [6.07, 6.45) is 2.65. The lowest BCUT2D eigenvalue weighted by Crippen LogP contribution is -2.41. The zero-order valence-corrected chi connectivity index (χ0v) is 14.1. The van der Waals surface area contributed by atoms with Crippen molar-refractivity contribution in [2.45, 2.75) is 31.8 Å². The summed E-state index contributed by atoms with van der Waals surface area (Å²) >= 11 is 3.49. The molecule has 0 bridgehead atoms. The van der Waals surface area contributed by atoms with E-state index in [-0.39, 0.29) is 0 Å². The molecule has 3 nitrogen and oxygen atoms in total. The van der Waals surface area contributed by atoms with E-state index in [0.29, 0.717) is 18.6 Å². The summed E-state index contributed by atoms with van der Waals surface area (Å²) in [5, 5.41) is 0. The van der Waals surface area contributed by atoms with Gasteiger partial charge in [-0.05, 0) is 50.7 Å². The van der Waals surface area contributed by atoms with Crippen molar-refractivity contribution in [3.05, 3.63) is 34.3 Å². The van der Waals surface area contributed by atoms with Gasteiger partial charge in [0, 0.05) is 29.6 Å². The van der Waals surface area contributed by atoms with Gasteiger partial charge in [0.15, 0.2) is 0 Å². The van der Waals surface area contributed by atoms with Crippen molar-refractivity contribution < 1.29 is 0 Å². The molecular formula is C16H26BrN3. The van der Waals surface area contributed by atoms with Gasteiger partial charge in [-0.25, -0.2) is 0 Å². The largest absolute Gasteiger partial charge is 0.329 e. The van der Waals surface area contributed by atoms with Crippen molar-refractivity contribution in [2.75, 3.05) is 33.2 Å². The number of likely N-dealkylation sites (tertiary alicyclic amines) is 1. The number of hydrogen-bond acceptors (Lipinski definition) is 3. The van der Waals surface area contributed by atoms with E-state index in [4.69, 9.17) is 5.73 Å². The Morgan fingerprint density at radius 3 is 2.70 bits per heavy atom. The van der Waals surface area contributed by atoms with Gasteiger partial charge in [-0.3, -0.25) is 9.80 Å². The molecule has 112 valence electrons. The maximum absolute atomic E-state index is 6.02. The van der Waals surface area contributed by atoms with Crippen molar-refractivity contribution in [1.29, 1.82) is 0 Å². The molecule has 1 aromatic carbocycles. The average Bonchev–Trinajstić information content (AvgIpc) is 2.89. The Morgan fingerprint density at radius 1 is 1.40 bits per heavy atom. The van der Waals surface area contributed by atoms with Gasteiger partial charge in [0.05, 0.1) is 0 Å². The van der Waals surface area contributed by atoms with Crippen molar-refractivity contribution in [1.82, 2.24) is 9.80 Å². The standard InChI is InChI=1S/C16H26BrN3/c1-3-20-10-4-5-15(20)12-19(2)16(11-18)13-6-8-14(17)9-7-13/h6-9,15-16H,3-5,10-12,18H2,1-2H3. The predicted molar refractivity (Wildman–Crippen MR) is 88.8 cm³/mol. The Bertz CT molecular complexity index is 407. The van der Waals surface area contributed by atoms with Crippen molar-refractivity contribution in [3.63, 3.8) is 0 Å². The predicted octanol–water partition coefficient (Wildman–Crippen LogP) is 2.87. The molecule has 1 aliphatic heterocycles. The van der Waals surface area contributed by atoms with Crippen LogP contribution in [-0.2, 0) is 0 Å². The van der Waals surface area contributed by atoms with Crippen molar-refractivity contribution in [3.8, 4) is 0 Å². The minimum atomic E-state index is 0.308. The number of nitrogens with zero attached hydrogens (tertiary/aromatic N) is 2. The zero-order valence-electron chi connectivity index (χ0n) is 12.6. The number of hydrogen-bond donors (Lipinski definition) is 1. The first-order valence-electron chi connectivity index (χ1n) is 7.55. The van der Waals surface area contributed by atoms with Crippen LogP contribution in [-0.4, -0.2) is 49.1 Å². The summed E-state index contributed by atoms with van der Waals surface area (Å²) in [6, 6.07) is 9.53. The highest BCUT2D eigenvalue weighted by molar-refractivity contribution is 9.10. The van der Waals surface area contributed by atoms with Crippen LogP contribution >= 0.6 is 15.9 Å². The van der Waals surface area contributed by atoms with Crippen LogP contribution in [0.3, 0.4) is 0 Å². The Balaban J connectivity index is 2.01. The molecule has 1 aliphatic rings. The topological polar surface area (TPSA) is 32.5 Å². The molecule has 2 unspecified atom stereocenters. The minimum absolute atomic E-state index is 0.308. The van der Waals surface area contributed by atoms with E-state index in [9.17, 15) is 0 Å². The van der Waals surface area contributed by atoms with Crippen molar-refractivity contribution >= 4 is 15.9 Å². The second-order valence-electron chi connectivity index (χ2n) is 5.67. The second-order valence-corrected chi connectivity index (χ2v) is 6.58. The highest BCUT2D eigenvalue weighted by Crippen LogP contribution is 2.24. The number of likely N-dealkylation sites (N-methyl/N-ethyl adjacent to an activating group) is 2. The first-order chi connectivity index (χ1) is 9.65. The molecular weight excluding hydrogens is 314 g/mol. The number of nitrogens with two attached hydrogens (primary N) is 1. The highest BCUT2D eigenvalue weighted by Gasteiger charge is 2.26. The fourth-order valence-electron chi connectivity index (χ4n) is 3.23. The lowest BCUT2D eigenvalue weighted by atomic mass is 10.0. The molecule has 1 fully saturated rings. The third-order valence-electron chi connectivity index (χ3n) is 4.41. The van der Waals surface area contributed by atoms with Crippen LogP contribution in [0, 0.1) is 0 Å².